The van der Waals surface area contributed by atoms with Crippen LogP contribution in [0.15, 0.2) is 77.7 Å². The van der Waals surface area contributed by atoms with Gasteiger partial charge in [0.2, 0.25) is 11.8 Å². The molecule has 8 nitrogen and oxygen atoms in total. The zero-order valence-electron chi connectivity index (χ0n) is 23.3. The molecule has 2 amide bonds. The number of hydrogen-bond donors (Lipinski definition) is 1. The maximum atomic E-state index is 14.1. The van der Waals surface area contributed by atoms with Crippen LogP contribution in [0.25, 0.3) is 0 Å². The largest absolute Gasteiger partial charge is 0.492 e. The summed E-state index contributed by atoms with van der Waals surface area (Å²) < 4.78 is 48.3. The Morgan fingerprint density at radius 1 is 0.976 bits per heavy atom. The third kappa shape index (κ3) is 8.20. The van der Waals surface area contributed by atoms with E-state index in [1.54, 1.807) is 38.1 Å². The van der Waals surface area contributed by atoms with E-state index in [1.165, 1.54) is 53.4 Å². The van der Waals surface area contributed by atoms with E-state index in [4.69, 9.17) is 16.3 Å². The molecule has 0 radical (unpaired) electrons. The number of anilines is 1. The van der Waals surface area contributed by atoms with Crippen molar-refractivity contribution < 1.29 is 27.1 Å². The summed E-state index contributed by atoms with van der Waals surface area (Å²) in [6.45, 7) is 5.50. The highest BCUT2D eigenvalue weighted by atomic mass is 35.5. The van der Waals surface area contributed by atoms with Gasteiger partial charge in [0.15, 0.2) is 0 Å². The molecular formula is C30H35ClFN3O5S. The Labute approximate surface area is 246 Å². The molecule has 11 heteroatoms. The Morgan fingerprint density at radius 2 is 1.63 bits per heavy atom. The zero-order valence-corrected chi connectivity index (χ0v) is 24.9. The molecular weight excluding hydrogens is 569 g/mol. The lowest BCUT2D eigenvalue weighted by atomic mass is 10.1. The van der Waals surface area contributed by atoms with Crippen molar-refractivity contribution in [3.63, 3.8) is 0 Å². The van der Waals surface area contributed by atoms with Crippen LogP contribution in [0.4, 0.5) is 10.1 Å². The molecule has 0 saturated heterocycles. The average Bonchev–Trinajstić information content (AvgIpc) is 2.96. The molecule has 0 aliphatic carbocycles. The third-order valence-corrected chi connectivity index (χ3v) is 8.34. The first-order chi connectivity index (χ1) is 19.6. The minimum Gasteiger partial charge on any atom is -0.492 e. The molecule has 3 aromatic carbocycles. The van der Waals surface area contributed by atoms with Gasteiger partial charge in [-0.25, -0.2) is 12.8 Å². The van der Waals surface area contributed by atoms with Crippen LogP contribution in [-0.2, 0) is 26.2 Å². The topological polar surface area (TPSA) is 96.0 Å². The number of ether oxygens (including phenoxy) is 1. The second-order valence-corrected chi connectivity index (χ2v) is 11.5. The quantitative estimate of drug-likeness (QED) is 0.266. The zero-order chi connectivity index (χ0) is 30.0. The van der Waals surface area contributed by atoms with Gasteiger partial charge in [-0.2, -0.15) is 0 Å². The predicted molar refractivity (Wildman–Crippen MR) is 158 cm³/mol. The van der Waals surface area contributed by atoms with Crippen molar-refractivity contribution >= 4 is 39.1 Å². The molecule has 0 heterocycles. The number of nitrogens with one attached hydrogen (secondary N) is 1. The van der Waals surface area contributed by atoms with Crippen LogP contribution in [0.3, 0.4) is 0 Å². The first-order valence-electron chi connectivity index (χ1n) is 13.4. The van der Waals surface area contributed by atoms with Gasteiger partial charge in [-0.05, 0) is 73.9 Å². The number of sulfonamides is 1. The average molecular weight is 604 g/mol. The molecule has 3 rings (SSSR count). The van der Waals surface area contributed by atoms with Gasteiger partial charge in [-0.3, -0.25) is 13.9 Å². The Balaban J connectivity index is 2.09. The highest BCUT2D eigenvalue weighted by Gasteiger charge is 2.34. The molecule has 0 spiro atoms. The van der Waals surface area contributed by atoms with Gasteiger partial charge < -0.3 is 15.0 Å². The molecule has 0 bridgehead atoms. The Morgan fingerprint density at radius 3 is 2.24 bits per heavy atom. The van der Waals surface area contributed by atoms with E-state index in [9.17, 15) is 22.4 Å². The van der Waals surface area contributed by atoms with Crippen molar-refractivity contribution in [2.45, 2.75) is 51.1 Å². The van der Waals surface area contributed by atoms with Crippen molar-refractivity contribution in [2.24, 2.45) is 0 Å². The SMILES string of the molecule is CCCNC(=O)C(CC)N(Cc1ccc(F)cc1)C(=O)CN(c1ccccc1OCC)S(=O)(=O)c1ccc(Cl)cc1. The summed E-state index contributed by atoms with van der Waals surface area (Å²) in [4.78, 5) is 28.5. The fraction of sp³-hybridized carbons (Fsp3) is 0.333. The number of amides is 2. The Bertz CT molecular complexity index is 1420. The number of nitrogens with zero attached hydrogens (tertiary/aromatic N) is 2. The minimum atomic E-state index is -4.29. The van der Waals surface area contributed by atoms with E-state index in [-0.39, 0.29) is 41.8 Å². The van der Waals surface area contributed by atoms with Crippen LogP contribution in [0.5, 0.6) is 5.75 Å². The van der Waals surface area contributed by atoms with E-state index >= 15 is 0 Å². The molecule has 1 atom stereocenters. The van der Waals surface area contributed by atoms with Gasteiger partial charge in [0.05, 0.1) is 17.2 Å². The summed E-state index contributed by atoms with van der Waals surface area (Å²) in [7, 11) is -4.29. The Hall–Kier alpha value is -3.63. The molecule has 41 heavy (non-hydrogen) atoms. The monoisotopic (exact) mass is 603 g/mol. The van der Waals surface area contributed by atoms with Crippen LogP contribution >= 0.6 is 11.6 Å². The second-order valence-electron chi connectivity index (χ2n) is 9.23. The first-order valence-corrected chi connectivity index (χ1v) is 15.3. The van der Waals surface area contributed by atoms with Gasteiger partial charge in [0, 0.05) is 18.1 Å². The standard InChI is InChI=1S/C30H35ClFN3O5S/c1-4-19-33-30(37)26(5-2)34(20-22-11-15-24(32)16-12-22)29(36)21-35(27-9-7-8-10-28(27)40-6-3)41(38,39)25-17-13-23(31)14-18-25/h7-18,26H,4-6,19-21H2,1-3H3,(H,33,37). The normalized spacial score (nSPS) is 11.9. The molecule has 3 aromatic rings. The molecule has 0 aromatic heterocycles. The van der Waals surface area contributed by atoms with Crippen LogP contribution in [0, 0.1) is 5.82 Å². The lowest BCUT2D eigenvalue weighted by Crippen LogP contribution is -2.52. The van der Waals surface area contributed by atoms with Crippen LogP contribution in [0.2, 0.25) is 5.02 Å². The molecule has 0 aliphatic heterocycles. The summed E-state index contributed by atoms with van der Waals surface area (Å²) in [6.07, 6.45) is 0.983. The van der Waals surface area contributed by atoms with Crippen LogP contribution in [-0.4, -0.2) is 50.9 Å². The van der Waals surface area contributed by atoms with E-state index in [1.807, 2.05) is 6.92 Å². The number of halogens is 2. The van der Waals surface area contributed by atoms with Gasteiger partial charge >= 0.3 is 0 Å². The maximum Gasteiger partial charge on any atom is 0.264 e. The second kappa shape index (κ2) is 14.8. The number of benzene rings is 3. The fourth-order valence-electron chi connectivity index (χ4n) is 4.26. The third-order valence-electron chi connectivity index (χ3n) is 6.32. The van der Waals surface area contributed by atoms with Gasteiger partial charge in [0.1, 0.15) is 24.2 Å². The number of hydrogen-bond acceptors (Lipinski definition) is 5. The summed E-state index contributed by atoms with van der Waals surface area (Å²) in [5.41, 5.74) is 0.756. The summed E-state index contributed by atoms with van der Waals surface area (Å²) in [6, 6.07) is 16.9. The number of para-hydroxylation sites is 2. The predicted octanol–water partition coefficient (Wildman–Crippen LogP) is 5.41. The van der Waals surface area contributed by atoms with Crippen molar-refractivity contribution in [3.8, 4) is 5.75 Å². The van der Waals surface area contributed by atoms with E-state index in [0.717, 1.165) is 4.31 Å². The Kier molecular flexibility index (Phi) is 11.5. The molecule has 220 valence electrons. The number of carbonyl (C=O) groups is 2. The lowest BCUT2D eigenvalue weighted by Gasteiger charge is -2.33. The first kappa shape index (κ1) is 31.9. The number of rotatable bonds is 14. The van der Waals surface area contributed by atoms with E-state index in [0.29, 0.717) is 23.6 Å². The van der Waals surface area contributed by atoms with Crippen molar-refractivity contribution in [2.75, 3.05) is 24.0 Å². The van der Waals surface area contributed by atoms with Gasteiger partial charge in [0.25, 0.3) is 10.0 Å². The smallest absolute Gasteiger partial charge is 0.264 e. The van der Waals surface area contributed by atoms with Gasteiger partial charge in [-0.1, -0.05) is 49.7 Å². The van der Waals surface area contributed by atoms with Crippen LogP contribution in [0.1, 0.15) is 39.2 Å². The summed E-state index contributed by atoms with van der Waals surface area (Å²) in [5.74, 6) is -1.13. The minimum absolute atomic E-state index is 0.0287. The van der Waals surface area contributed by atoms with Crippen molar-refractivity contribution in [3.05, 3.63) is 89.2 Å². The molecule has 0 fully saturated rings. The van der Waals surface area contributed by atoms with Gasteiger partial charge in [-0.15, -0.1) is 0 Å². The van der Waals surface area contributed by atoms with Crippen molar-refractivity contribution in [1.29, 1.82) is 0 Å². The summed E-state index contributed by atoms with van der Waals surface area (Å²) >= 11 is 6.00. The molecule has 0 saturated carbocycles. The van der Waals surface area contributed by atoms with E-state index in [2.05, 4.69) is 5.32 Å². The highest BCUT2D eigenvalue weighted by Crippen LogP contribution is 2.33. The molecule has 0 aliphatic rings. The summed E-state index contributed by atoms with van der Waals surface area (Å²) in [5, 5.41) is 3.19. The lowest BCUT2D eigenvalue weighted by molar-refractivity contribution is -0.140. The van der Waals surface area contributed by atoms with E-state index < -0.39 is 34.3 Å². The van der Waals surface area contributed by atoms with Crippen molar-refractivity contribution in [1.82, 2.24) is 10.2 Å². The molecule has 1 unspecified atom stereocenters. The molecule has 1 N–H and O–H groups in total. The fourth-order valence-corrected chi connectivity index (χ4v) is 5.81. The van der Waals surface area contributed by atoms with Crippen LogP contribution < -0.4 is 14.4 Å². The highest BCUT2D eigenvalue weighted by molar-refractivity contribution is 7.92. The number of carbonyl (C=O) groups excluding carboxylic acids is 2. The maximum absolute atomic E-state index is 14.1.